The van der Waals surface area contributed by atoms with Gasteiger partial charge in [0.25, 0.3) is 5.24 Å². The lowest BCUT2D eigenvalue weighted by Gasteiger charge is -2.01. The first-order chi connectivity index (χ1) is 5.63. The summed E-state index contributed by atoms with van der Waals surface area (Å²) < 4.78 is 5.71. The first-order valence-electron chi connectivity index (χ1n) is 3.18. The van der Waals surface area contributed by atoms with E-state index < -0.39 is 5.24 Å². The fraction of sp³-hybridized carbons (Fsp3) is 0.125. The third kappa shape index (κ3) is 2.22. The van der Waals surface area contributed by atoms with Crippen LogP contribution in [0.4, 0.5) is 0 Å². The molecule has 4 heteroatoms. The molecule has 64 valence electrons. The van der Waals surface area contributed by atoms with E-state index in [2.05, 4.69) is 15.9 Å². The van der Waals surface area contributed by atoms with E-state index in [0.717, 1.165) is 4.47 Å². The second-order valence-corrected chi connectivity index (χ2v) is 3.41. The SMILES string of the molecule is COc1cc(Br)cc(C(=O)Cl)c1. The third-order valence-corrected chi connectivity index (χ3v) is 2.01. The van der Waals surface area contributed by atoms with Crippen LogP contribution < -0.4 is 4.74 Å². The highest BCUT2D eigenvalue weighted by molar-refractivity contribution is 9.10. The molecule has 0 bridgehead atoms. The molecule has 0 unspecified atom stereocenters. The van der Waals surface area contributed by atoms with Crippen molar-refractivity contribution in [1.29, 1.82) is 0 Å². The van der Waals surface area contributed by atoms with Crippen LogP contribution in [0.2, 0.25) is 0 Å². The maximum Gasteiger partial charge on any atom is 0.252 e. The van der Waals surface area contributed by atoms with Gasteiger partial charge >= 0.3 is 0 Å². The van der Waals surface area contributed by atoms with E-state index in [1.165, 1.54) is 7.11 Å². The van der Waals surface area contributed by atoms with Gasteiger partial charge in [-0.1, -0.05) is 15.9 Å². The maximum atomic E-state index is 10.8. The van der Waals surface area contributed by atoms with Crippen LogP contribution >= 0.6 is 27.5 Å². The topological polar surface area (TPSA) is 26.3 Å². The van der Waals surface area contributed by atoms with Crippen molar-refractivity contribution < 1.29 is 9.53 Å². The van der Waals surface area contributed by atoms with E-state index in [1.54, 1.807) is 18.2 Å². The molecule has 1 rings (SSSR count). The summed E-state index contributed by atoms with van der Waals surface area (Å²) in [4.78, 5) is 10.8. The number of methoxy groups -OCH3 is 1. The molecule has 0 aliphatic heterocycles. The van der Waals surface area contributed by atoms with Crippen LogP contribution in [-0.4, -0.2) is 12.4 Å². The van der Waals surface area contributed by atoms with Crippen LogP contribution in [0.1, 0.15) is 10.4 Å². The first-order valence-corrected chi connectivity index (χ1v) is 4.35. The minimum atomic E-state index is -0.491. The highest BCUT2D eigenvalue weighted by Crippen LogP contribution is 2.21. The van der Waals surface area contributed by atoms with E-state index in [-0.39, 0.29) is 0 Å². The minimum Gasteiger partial charge on any atom is -0.497 e. The largest absolute Gasteiger partial charge is 0.497 e. The Morgan fingerprint density at radius 2 is 2.17 bits per heavy atom. The number of carbonyl (C=O) groups excluding carboxylic acids is 1. The van der Waals surface area contributed by atoms with Crippen molar-refractivity contribution in [1.82, 2.24) is 0 Å². The summed E-state index contributed by atoms with van der Waals surface area (Å²) in [5.74, 6) is 0.605. The number of carbonyl (C=O) groups is 1. The van der Waals surface area contributed by atoms with Gasteiger partial charge in [-0.2, -0.15) is 0 Å². The quantitative estimate of drug-likeness (QED) is 0.754. The maximum absolute atomic E-state index is 10.8. The molecule has 0 atom stereocenters. The predicted molar refractivity (Wildman–Crippen MR) is 50.9 cm³/mol. The van der Waals surface area contributed by atoms with Crippen LogP contribution in [0.5, 0.6) is 5.75 Å². The number of benzene rings is 1. The van der Waals surface area contributed by atoms with Crippen molar-refractivity contribution in [2.75, 3.05) is 7.11 Å². The van der Waals surface area contributed by atoms with E-state index >= 15 is 0 Å². The molecule has 12 heavy (non-hydrogen) atoms. The molecule has 0 amide bonds. The van der Waals surface area contributed by atoms with E-state index in [0.29, 0.717) is 11.3 Å². The third-order valence-electron chi connectivity index (χ3n) is 1.33. The van der Waals surface area contributed by atoms with Crippen molar-refractivity contribution in [2.45, 2.75) is 0 Å². The number of hydrogen-bond acceptors (Lipinski definition) is 2. The number of ether oxygens (including phenoxy) is 1. The Balaban J connectivity index is 3.15. The zero-order valence-electron chi connectivity index (χ0n) is 6.30. The lowest BCUT2D eigenvalue weighted by Crippen LogP contribution is -1.90. The monoisotopic (exact) mass is 248 g/mol. The molecule has 0 heterocycles. The predicted octanol–water partition coefficient (Wildman–Crippen LogP) is 2.84. The Labute approximate surface area is 83.6 Å². The molecule has 0 saturated heterocycles. The van der Waals surface area contributed by atoms with Gasteiger partial charge in [-0.05, 0) is 29.8 Å². The van der Waals surface area contributed by atoms with Crippen LogP contribution in [-0.2, 0) is 0 Å². The molecular formula is C8H6BrClO2. The van der Waals surface area contributed by atoms with E-state index in [9.17, 15) is 4.79 Å². The Bertz CT molecular complexity index is 312. The van der Waals surface area contributed by atoms with Gasteiger partial charge in [0.1, 0.15) is 5.75 Å². The van der Waals surface area contributed by atoms with Crippen molar-refractivity contribution >= 4 is 32.8 Å². The second-order valence-electron chi connectivity index (χ2n) is 2.15. The summed E-state index contributed by atoms with van der Waals surface area (Å²) in [5, 5.41) is -0.491. The molecule has 1 aromatic rings. The Kier molecular flexibility index (Phi) is 3.12. The van der Waals surface area contributed by atoms with Crippen LogP contribution in [0.3, 0.4) is 0 Å². The molecule has 0 aliphatic rings. The van der Waals surface area contributed by atoms with Crippen molar-refractivity contribution in [3.8, 4) is 5.75 Å². The molecule has 0 N–H and O–H groups in total. The number of halogens is 2. The highest BCUT2D eigenvalue weighted by atomic mass is 79.9. The summed E-state index contributed by atoms with van der Waals surface area (Å²) >= 11 is 8.52. The molecule has 2 nitrogen and oxygen atoms in total. The molecule has 0 spiro atoms. The van der Waals surface area contributed by atoms with Gasteiger partial charge in [-0.15, -0.1) is 0 Å². The van der Waals surface area contributed by atoms with Gasteiger partial charge in [0.2, 0.25) is 0 Å². The molecule has 0 fully saturated rings. The normalized spacial score (nSPS) is 9.58. The smallest absolute Gasteiger partial charge is 0.252 e. The molecule has 0 saturated carbocycles. The molecule has 0 aliphatic carbocycles. The molecular weight excluding hydrogens is 243 g/mol. The van der Waals surface area contributed by atoms with Gasteiger partial charge < -0.3 is 4.74 Å². The number of hydrogen-bond donors (Lipinski definition) is 0. The van der Waals surface area contributed by atoms with Gasteiger partial charge in [-0.3, -0.25) is 4.79 Å². The van der Waals surface area contributed by atoms with Crippen molar-refractivity contribution in [3.05, 3.63) is 28.2 Å². The molecule has 0 aromatic heterocycles. The average molecular weight is 249 g/mol. The van der Waals surface area contributed by atoms with Crippen LogP contribution in [0.25, 0.3) is 0 Å². The van der Waals surface area contributed by atoms with Gasteiger partial charge in [0.05, 0.1) is 7.11 Å². The van der Waals surface area contributed by atoms with Crippen molar-refractivity contribution in [2.24, 2.45) is 0 Å². The summed E-state index contributed by atoms with van der Waals surface area (Å²) in [5.41, 5.74) is 0.419. The fourth-order valence-electron chi connectivity index (χ4n) is 0.794. The second kappa shape index (κ2) is 3.92. The lowest BCUT2D eigenvalue weighted by atomic mass is 10.2. The van der Waals surface area contributed by atoms with Crippen LogP contribution in [0.15, 0.2) is 22.7 Å². The summed E-state index contributed by atoms with van der Waals surface area (Å²) in [6.07, 6.45) is 0. The molecule has 0 radical (unpaired) electrons. The van der Waals surface area contributed by atoms with E-state index in [1.807, 2.05) is 0 Å². The Morgan fingerprint density at radius 3 is 2.67 bits per heavy atom. The summed E-state index contributed by atoms with van der Waals surface area (Å²) in [6, 6.07) is 4.97. The highest BCUT2D eigenvalue weighted by Gasteiger charge is 2.04. The zero-order chi connectivity index (χ0) is 9.14. The molecule has 1 aromatic carbocycles. The summed E-state index contributed by atoms with van der Waals surface area (Å²) in [6.45, 7) is 0. The standard InChI is InChI=1S/C8H6BrClO2/c1-12-7-3-5(8(10)11)2-6(9)4-7/h2-4H,1H3. The summed E-state index contributed by atoms with van der Waals surface area (Å²) in [7, 11) is 1.53. The average Bonchev–Trinajstić information content (AvgIpc) is 2.03. The van der Waals surface area contributed by atoms with Gasteiger partial charge in [0, 0.05) is 10.0 Å². The Hall–Kier alpha value is -0.540. The van der Waals surface area contributed by atoms with Gasteiger partial charge in [0.15, 0.2) is 0 Å². The van der Waals surface area contributed by atoms with Crippen molar-refractivity contribution in [3.63, 3.8) is 0 Å². The first kappa shape index (κ1) is 9.55. The zero-order valence-corrected chi connectivity index (χ0v) is 8.65. The Morgan fingerprint density at radius 1 is 1.50 bits per heavy atom. The lowest BCUT2D eigenvalue weighted by molar-refractivity contribution is 0.108. The van der Waals surface area contributed by atoms with E-state index in [4.69, 9.17) is 16.3 Å². The van der Waals surface area contributed by atoms with Gasteiger partial charge in [-0.25, -0.2) is 0 Å². The van der Waals surface area contributed by atoms with Crippen LogP contribution in [0, 0.1) is 0 Å². The number of rotatable bonds is 2. The minimum absolute atomic E-state index is 0.419. The fourth-order valence-corrected chi connectivity index (χ4v) is 1.38.